The smallest absolute Gasteiger partial charge is 0.293 e. The maximum absolute atomic E-state index is 13.6. The van der Waals surface area contributed by atoms with E-state index in [1.54, 1.807) is 44.3 Å². The van der Waals surface area contributed by atoms with Gasteiger partial charge < -0.3 is 10.2 Å². The third-order valence-corrected chi connectivity index (χ3v) is 3.62. The van der Waals surface area contributed by atoms with Crippen molar-refractivity contribution in [2.75, 3.05) is 18.9 Å². The van der Waals surface area contributed by atoms with Gasteiger partial charge in [-0.3, -0.25) is 14.9 Å². The number of nitro benzene ring substituents is 1. The summed E-state index contributed by atoms with van der Waals surface area (Å²) in [6.45, 7) is 2.11. The Morgan fingerprint density at radius 3 is 2.62 bits per heavy atom. The molecule has 0 spiro atoms. The molecular formula is C17H19FN3O3+. The Labute approximate surface area is 139 Å². The molecular weight excluding hydrogens is 313 g/mol. The highest BCUT2D eigenvalue weighted by Crippen LogP contribution is 2.27. The van der Waals surface area contributed by atoms with Crippen LogP contribution in [0, 0.1) is 22.9 Å². The lowest BCUT2D eigenvalue weighted by Crippen LogP contribution is -3.08. The van der Waals surface area contributed by atoms with Crippen LogP contribution in [0.5, 0.6) is 0 Å². The normalized spacial score (nSPS) is 11.8. The maximum Gasteiger partial charge on any atom is 0.293 e. The molecule has 0 radical (unpaired) electrons. The molecule has 2 aromatic carbocycles. The van der Waals surface area contributed by atoms with Gasteiger partial charge >= 0.3 is 0 Å². The SMILES string of the molecule is Cc1cccc([N+](=O)[O-])c1NC(=O)C[NH+](C)Cc1ccccc1F. The Morgan fingerprint density at radius 1 is 1.25 bits per heavy atom. The highest BCUT2D eigenvalue weighted by atomic mass is 19.1. The van der Waals surface area contributed by atoms with E-state index in [2.05, 4.69) is 5.32 Å². The number of hydrogen-bond acceptors (Lipinski definition) is 3. The quantitative estimate of drug-likeness (QED) is 0.624. The maximum atomic E-state index is 13.6. The van der Waals surface area contributed by atoms with Crippen molar-refractivity contribution < 1.29 is 19.0 Å². The molecule has 6 nitrogen and oxygen atoms in total. The van der Waals surface area contributed by atoms with E-state index in [-0.39, 0.29) is 29.6 Å². The number of rotatable bonds is 6. The van der Waals surface area contributed by atoms with Crippen LogP contribution in [0.25, 0.3) is 0 Å². The minimum Gasteiger partial charge on any atom is -0.326 e. The second kappa shape index (κ2) is 7.65. The zero-order valence-corrected chi connectivity index (χ0v) is 13.5. The third-order valence-electron chi connectivity index (χ3n) is 3.62. The van der Waals surface area contributed by atoms with Gasteiger partial charge in [-0.1, -0.05) is 30.3 Å². The van der Waals surface area contributed by atoms with Crippen LogP contribution in [0.2, 0.25) is 0 Å². The Balaban J connectivity index is 2.04. The number of benzene rings is 2. The van der Waals surface area contributed by atoms with Gasteiger partial charge in [0.25, 0.3) is 11.6 Å². The molecule has 2 N–H and O–H groups in total. The van der Waals surface area contributed by atoms with Crippen molar-refractivity contribution >= 4 is 17.3 Å². The second-order valence-electron chi connectivity index (χ2n) is 5.68. The highest BCUT2D eigenvalue weighted by Gasteiger charge is 2.19. The highest BCUT2D eigenvalue weighted by molar-refractivity contribution is 5.94. The summed E-state index contributed by atoms with van der Waals surface area (Å²) < 4.78 is 13.6. The van der Waals surface area contributed by atoms with Crippen molar-refractivity contribution in [2.45, 2.75) is 13.5 Å². The van der Waals surface area contributed by atoms with Crippen molar-refractivity contribution in [3.05, 3.63) is 69.5 Å². The zero-order chi connectivity index (χ0) is 17.7. The molecule has 0 aliphatic carbocycles. The summed E-state index contributed by atoms with van der Waals surface area (Å²) in [6, 6.07) is 11.0. The fourth-order valence-corrected chi connectivity index (χ4v) is 2.45. The van der Waals surface area contributed by atoms with Crippen molar-refractivity contribution in [1.29, 1.82) is 0 Å². The van der Waals surface area contributed by atoms with E-state index in [9.17, 15) is 19.3 Å². The Morgan fingerprint density at radius 2 is 1.96 bits per heavy atom. The van der Waals surface area contributed by atoms with Crippen LogP contribution in [0.4, 0.5) is 15.8 Å². The first-order valence-electron chi connectivity index (χ1n) is 7.47. The van der Waals surface area contributed by atoms with Gasteiger partial charge in [-0.05, 0) is 18.6 Å². The van der Waals surface area contributed by atoms with Crippen LogP contribution in [-0.2, 0) is 11.3 Å². The first-order chi connectivity index (χ1) is 11.4. The van der Waals surface area contributed by atoms with Gasteiger partial charge in [-0.15, -0.1) is 0 Å². The lowest BCUT2D eigenvalue weighted by molar-refractivity contribution is -0.885. The molecule has 0 saturated heterocycles. The van der Waals surface area contributed by atoms with E-state index in [4.69, 9.17) is 0 Å². The van der Waals surface area contributed by atoms with E-state index in [1.807, 2.05) is 0 Å². The number of nitrogens with zero attached hydrogens (tertiary/aromatic N) is 1. The van der Waals surface area contributed by atoms with Crippen LogP contribution in [-0.4, -0.2) is 24.4 Å². The second-order valence-corrected chi connectivity index (χ2v) is 5.68. The Bertz CT molecular complexity index is 764. The van der Waals surface area contributed by atoms with Gasteiger partial charge in [0, 0.05) is 11.6 Å². The average molecular weight is 332 g/mol. The first kappa shape index (κ1) is 17.6. The van der Waals surface area contributed by atoms with Gasteiger partial charge in [0.2, 0.25) is 0 Å². The predicted molar refractivity (Wildman–Crippen MR) is 88.3 cm³/mol. The monoisotopic (exact) mass is 332 g/mol. The molecule has 1 unspecified atom stereocenters. The van der Waals surface area contributed by atoms with E-state index < -0.39 is 4.92 Å². The number of aryl methyl sites for hydroxylation is 1. The van der Waals surface area contributed by atoms with Gasteiger partial charge in [0.1, 0.15) is 18.0 Å². The third kappa shape index (κ3) is 4.36. The number of nitrogens with one attached hydrogen (secondary N) is 2. The van der Waals surface area contributed by atoms with Crippen LogP contribution in [0.15, 0.2) is 42.5 Å². The zero-order valence-electron chi connectivity index (χ0n) is 13.5. The molecule has 0 heterocycles. The number of hydrogen-bond donors (Lipinski definition) is 2. The summed E-state index contributed by atoms with van der Waals surface area (Å²) >= 11 is 0. The number of amides is 1. The predicted octanol–water partition coefficient (Wildman–Crippen LogP) is 1.70. The summed E-state index contributed by atoms with van der Waals surface area (Å²) in [4.78, 5) is 23.5. The molecule has 1 atom stereocenters. The number of halogens is 1. The molecule has 1 amide bonds. The summed E-state index contributed by atoms with van der Waals surface area (Å²) in [5.74, 6) is -0.673. The van der Waals surface area contributed by atoms with E-state index >= 15 is 0 Å². The molecule has 126 valence electrons. The number of quaternary nitrogens is 1. The summed E-state index contributed by atoms with van der Waals surface area (Å²) in [7, 11) is 1.76. The Kier molecular flexibility index (Phi) is 5.59. The number of anilines is 1. The van der Waals surface area contributed by atoms with Crippen molar-refractivity contribution in [1.82, 2.24) is 0 Å². The molecule has 0 saturated carbocycles. The van der Waals surface area contributed by atoms with E-state index in [0.29, 0.717) is 17.7 Å². The number of likely N-dealkylation sites (N-methyl/N-ethyl adjacent to an activating group) is 1. The largest absolute Gasteiger partial charge is 0.326 e. The van der Waals surface area contributed by atoms with Crippen molar-refractivity contribution in [2.24, 2.45) is 0 Å². The summed E-state index contributed by atoms with van der Waals surface area (Å²) in [6.07, 6.45) is 0. The molecule has 0 aliphatic heterocycles. The van der Waals surface area contributed by atoms with Crippen LogP contribution in [0.1, 0.15) is 11.1 Å². The van der Waals surface area contributed by atoms with Crippen LogP contribution < -0.4 is 10.2 Å². The van der Waals surface area contributed by atoms with Gasteiger partial charge in [0.05, 0.1) is 12.0 Å². The van der Waals surface area contributed by atoms with Gasteiger partial charge in [-0.25, -0.2) is 4.39 Å². The lowest BCUT2D eigenvalue weighted by Gasteiger charge is -2.15. The molecule has 24 heavy (non-hydrogen) atoms. The number of carbonyl (C=O) groups excluding carboxylic acids is 1. The number of para-hydroxylation sites is 1. The molecule has 0 aliphatic rings. The fourth-order valence-electron chi connectivity index (χ4n) is 2.45. The molecule has 0 fully saturated rings. The fraction of sp³-hybridized carbons (Fsp3) is 0.235. The number of nitro groups is 1. The minimum atomic E-state index is -0.529. The van der Waals surface area contributed by atoms with Crippen molar-refractivity contribution in [3.8, 4) is 0 Å². The van der Waals surface area contributed by atoms with Crippen LogP contribution >= 0.6 is 0 Å². The molecule has 2 aromatic rings. The van der Waals surface area contributed by atoms with E-state index in [1.165, 1.54) is 12.1 Å². The molecule has 2 rings (SSSR count). The number of carbonyl (C=O) groups is 1. The summed E-state index contributed by atoms with van der Waals surface area (Å²) in [5.41, 5.74) is 1.19. The van der Waals surface area contributed by atoms with Crippen molar-refractivity contribution in [3.63, 3.8) is 0 Å². The van der Waals surface area contributed by atoms with Gasteiger partial charge in [0.15, 0.2) is 6.54 Å². The molecule has 7 heteroatoms. The minimum absolute atomic E-state index is 0.0693. The van der Waals surface area contributed by atoms with Gasteiger partial charge in [-0.2, -0.15) is 0 Å². The summed E-state index contributed by atoms with van der Waals surface area (Å²) in [5, 5.41) is 13.7. The first-order valence-corrected chi connectivity index (χ1v) is 7.47. The topological polar surface area (TPSA) is 76.7 Å². The van der Waals surface area contributed by atoms with Crippen LogP contribution in [0.3, 0.4) is 0 Å². The Hall–Kier alpha value is -2.80. The molecule has 0 bridgehead atoms. The lowest BCUT2D eigenvalue weighted by atomic mass is 10.1. The van der Waals surface area contributed by atoms with E-state index in [0.717, 1.165) is 4.90 Å². The average Bonchev–Trinajstić information content (AvgIpc) is 2.51. The molecule has 0 aromatic heterocycles. The standard InChI is InChI=1S/C17H18FN3O3/c1-12-6-5-9-15(21(23)24)17(12)19-16(22)11-20(2)10-13-7-3-4-8-14(13)18/h3-9H,10-11H2,1-2H3,(H,19,22)/p+1.